The number of phenolic OH excluding ortho intramolecular Hbond substituents is 4. The van der Waals surface area contributed by atoms with Gasteiger partial charge in [-0.2, -0.15) is 0 Å². The topological polar surface area (TPSA) is 110 Å². The van der Waals surface area contributed by atoms with Crippen LogP contribution in [0.2, 0.25) is 0 Å². The van der Waals surface area contributed by atoms with E-state index in [1.165, 1.54) is 30.3 Å². The van der Waals surface area contributed by atoms with Gasteiger partial charge in [-0.25, -0.2) is 0 Å². The zero-order valence-electron chi connectivity index (χ0n) is 11.8. The average molecular weight is 304 g/mol. The number of fused-ring (bicyclic) bond motifs is 1. The number of phenols is 4. The number of hydrogen-bond donors (Lipinski definition) is 5. The Kier molecular flexibility index (Phi) is 3.26. The number of aromatic hydroxyl groups is 4. The van der Waals surface area contributed by atoms with Crippen molar-refractivity contribution in [2.45, 2.75) is 25.0 Å². The highest BCUT2D eigenvalue weighted by molar-refractivity contribution is 5.53. The number of hydrogen-bond acceptors (Lipinski definition) is 6. The number of aliphatic hydroxyl groups excluding tert-OH is 1. The van der Waals surface area contributed by atoms with Gasteiger partial charge in [0.25, 0.3) is 0 Å². The van der Waals surface area contributed by atoms with Crippen LogP contribution in [0.3, 0.4) is 0 Å². The Morgan fingerprint density at radius 2 is 1.64 bits per heavy atom. The molecule has 2 aromatic carbocycles. The van der Waals surface area contributed by atoms with Gasteiger partial charge < -0.3 is 30.3 Å². The minimum Gasteiger partial charge on any atom is -0.508 e. The molecule has 0 aromatic heterocycles. The molecule has 2 aromatic rings. The second-order valence-corrected chi connectivity index (χ2v) is 5.44. The van der Waals surface area contributed by atoms with Gasteiger partial charge in [0.1, 0.15) is 23.4 Å². The molecule has 22 heavy (non-hydrogen) atoms. The summed E-state index contributed by atoms with van der Waals surface area (Å²) in [4.78, 5) is 0. The van der Waals surface area contributed by atoms with Crippen molar-refractivity contribution >= 4 is 0 Å². The van der Waals surface area contributed by atoms with E-state index in [0.717, 1.165) is 0 Å². The number of ether oxygens (including phenoxy) is 1. The Morgan fingerprint density at radius 1 is 0.909 bits per heavy atom. The van der Waals surface area contributed by atoms with Crippen LogP contribution in [-0.2, 0) is 0 Å². The third-order valence-electron chi connectivity index (χ3n) is 3.96. The summed E-state index contributed by atoms with van der Waals surface area (Å²) in [5, 5.41) is 48.9. The fourth-order valence-corrected chi connectivity index (χ4v) is 2.78. The fourth-order valence-electron chi connectivity index (χ4n) is 2.78. The quantitative estimate of drug-likeness (QED) is 0.516. The lowest BCUT2D eigenvalue weighted by Crippen LogP contribution is -2.33. The van der Waals surface area contributed by atoms with Crippen molar-refractivity contribution in [2.75, 3.05) is 0 Å². The van der Waals surface area contributed by atoms with Gasteiger partial charge in [-0.05, 0) is 17.7 Å². The van der Waals surface area contributed by atoms with E-state index in [0.29, 0.717) is 11.1 Å². The number of rotatable bonds is 1. The second kappa shape index (κ2) is 4.99. The van der Waals surface area contributed by atoms with Gasteiger partial charge in [0.15, 0.2) is 17.6 Å². The smallest absolute Gasteiger partial charge is 0.157 e. The van der Waals surface area contributed by atoms with Gasteiger partial charge >= 0.3 is 0 Å². The lowest BCUT2D eigenvalue weighted by atomic mass is 9.85. The SMILES string of the molecule is CC1c2c(O)cc(O)cc2O[C@H](c2ccc(O)c(O)c2)[C@@H]1O. The van der Waals surface area contributed by atoms with Crippen LogP contribution in [0.1, 0.15) is 30.1 Å². The highest BCUT2D eigenvalue weighted by atomic mass is 16.5. The summed E-state index contributed by atoms with van der Waals surface area (Å²) in [7, 11) is 0. The molecular weight excluding hydrogens is 288 g/mol. The van der Waals surface area contributed by atoms with Crippen LogP contribution in [-0.4, -0.2) is 31.6 Å². The highest BCUT2D eigenvalue weighted by Crippen LogP contribution is 2.48. The molecule has 5 N–H and O–H groups in total. The first-order valence-corrected chi connectivity index (χ1v) is 6.81. The fraction of sp³-hybridized carbons (Fsp3) is 0.250. The zero-order valence-corrected chi connectivity index (χ0v) is 11.8. The molecule has 3 atom stereocenters. The Balaban J connectivity index is 2.06. The van der Waals surface area contributed by atoms with Crippen molar-refractivity contribution in [3.05, 3.63) is 41.5 Å². The van der Waals surface area contributed by atoms with E-state index in [4.69, 9.17) is 4.74 Å². The van der Waals surface area contributed by atoms with Gasteiger partial charge in [-0.15, -0.1) is 0 Å². The Hall–Kier alpha value is -2.60. The summed E-state index contributed by atoms with van der Waals surface area (Å²) < 4.78 is 5.69. The first-order valence-electron chi connectivity index (χ1n) is 6.81. The summed E-state index contributed by atoms with van der Waals surface area (Å²) in [5.41, 5.74) is 0.896. The van der Waals surface area contributed by atoms with Crippen molar-refractivity contribution in [2.24, 2.45) is 0 Å². The number of aliphatic hydroxyl groups is 1. The summed E-state index contributed by atoms with van der Waals surface area (Å²) >= 11 is 0. The first-order chi connectivity index (χ1) is 10.4. The predicted octanol–water partition coefficient (Wildman–Crippen LogP) is 2.11. The van der Waals surface area contributed by atoms with Crippen molar-refractivity contribution in [3.63, 3.8) is 0 Å². The van der Waals surface area contributed by atoms with Crippen LogP contribution >= 0.6 is 0 Å². The maximum atomic E-state index is 10.4. The third-order valence-corrected chi connectivity index (χ3v) is 3.96. The van der Waals surface area contributed by atoms with Gasteiger partial charge in [0.05, 0.1) is 0 Å². The van der Waals surface area contributed by atoms with Gasteiger partial charge in [0, 0.05) is 23.6 Å². The van der Waals surface area contributed by atoms with Crippen molar-refractivity contribution in [3.8, 4) is 28.7 Å². The van der Waals surface area contributed by atoms with Crippen LogP contribution < -0.4 is 4.74 Å². The van der Waals surface area contributed by atoms with E-state index in [-0.39, 0.29) is 28.7 Å². The second-order valence-electron chi connectivity index (χ2n) is 5.44. The summed E-state index contributed by atoms with van der Waals surface area (Å²) in [6.45, 7) is 1.73. The first kappa shape index (κ1) is 14.3. The molecule has 0 aliphatic carbocycles. The van der Waals surface area contributed by atoms with E-state index >= 15 is 0 Å². The van der Waals surface area contributed by atoms with Crippen LogP contribution in [0.15, 0.2) is 30.3 Å². The molecule has 0 spiro atoms. The Labute approximate surface area is 126 Å². The van der Waals surface area contributed by atoms with E-state index in [1.807, 2.05) is 0 Å². The largest absolute Gasteiger partial charge is 0.508 e. The van der Waals surface area contributed by atoms with Gasteiger partial charge in [-0.1, -0.05) is 13.0 Å². The van der Waals surface area contributed by atoms with Crippen molar-refractivity contribution < 1.29 is 30.3 Å². The maximum Gasteiger partial charge on any atom is 0.157 e. The molecule has 1 aliphatic rings. The van der Waals surface area contributed by atoms with E-state index in [9.17, 15) is 25.5 Å². The van der Waals surface area contributed by atoms with Crippen LogP contribution in [0.5, 0.6) is 28.7 Å². The monoisotopic (exact) mass is 304 g/mol. The minimum atomic E-state index is -0.966. The molecule has 0 amide bonds. The predicted molar refractivity (Wildman–Crippen MR) is 77.3 cm³/mol. The molecular formula is C16H16O6. The molecule has 1 heterocycles. The summed E-state index contributed by atoms with van der Waals surface area (Å²) in [6, 6.07) is 6.70. The Morgan fingerprint density at radius 3 is 2.32 bits per heavy atom. The molecule has 116 valence electrons. The molecule has 3 rings (SSSR count). The molecule has 6 nitrogen and oxygen atoms in total. The lowest BCUT2D eigenvalue weighted by Gasteiger charge is -2.35. The molecule has 0 saturated carbocycles. The molecule has 0 bridgehead atoms. The van der Waals surface area contributed by atoms with E-state index in [1.54, 1.807) is 6.92 Å². The standard InChI is InChI=1S/C16H16O6/c1-7-14-12(20)5-9(17)6-13(14)22-16(15(7)21)8-2-3-10(18)11(19)4-8/h2-7,15-21H,1H3/t7?,15-,16-/m1/s1. The average Bonchev–Trinajstić information content (AvgIpc) is 2.45. The van der Waals surface area contributed by atoms with Gasteiger partial charge in [0.2, 0.25) is 0 Å². The molecule has 1 unspecified atom stereocenters. The Bertz CT molecular complexity index is 727. The summed E-state index contributed by atoms with van der Waals surface area (Å²) in [6.07, 6.45) is -1.76. The third kappa shape index (κ3) is 2.17. The molecule has 0 saturated heterocycles. The zero-order chi connectivity index (χ0) is 16.0. The lowest BCUT2D eigenvalue weighted by molar-refractivity contribution is 0.00264. The normalized spacial score (nSPS) is 23.6. The van der Waals surface area contributed by atoms with Crippen LogP contribution in [0.25, 0.3) is 0 Å². The molecule has 6 heteroatoms. The van der Waals surface area contributed by atoms with E-state index < -0.39 is 18.1 Å². The highest BCUT2D eigenvalue weighted by Gasteiger charge is 2.37. The van der Waals surface area contributed by atoms with Crippen LogP contribution in [0.4, 0.5) is 0 Å². The van der Waals surface area contributed by atoms with Crippen molar-refractivity contribution in [1.82, 2.24) is 0 Å². The molecule has 0 radical (unpaired) electrons. The van der Waals surface area contributed by atoms with Gasteiger partial charge in [-0.3, -0.25) is 0 Å². The van der Waals surface area contributed by atoms with Crippen LogP contribution in [0, 0.1) is 0 Å². The minimum absolute atomic E-state index is 0.145. The van der Waals surface area contributed by atoms with Crippen molar-refractivity contribution in [1.29, 1.82) is 0 Å². The molecule has 0 fully saturated rings. The van der Waals surface area contributed by atoms with E-state index in [2.05, 4.69) is 0 Å². The summed E-state index contributed by atoms with van der Waals surface area (Å²) in [5.74, 6) is -1.04. The maximum absolute atomic E-state index is 10.4. The number of benzene rings is 2. The molecule has 1 aliphatic heterocycles.